The Hall–Kier alpha value is -3.09. The SMILES string of the molecule is C=N/C=C(\C=C(/C)F)c1ncc(N(CC#N)C(=O)C2CC2)c(C(F)(F)F)n1. The Kier molecular flexibility index (Phi) is 6.05. The number of halogens is 4. The summed E-state index contributed by atoms with van der Waals surface area (Å²) in [5.74, 6) is -2.12. The third-order valence-corrected chi connectivity index (χ3v) is 3.59. The van der Waals surface area contributed by atoms with Gasteiger partial charge in [-0.2, -0.15) is 18.4 Å². The molecule has 1 aliphatic rings. The van der Waals surface area contributed by atoms with Crippen LogP contribution in [0.15, 0.2) is 29.3 Å². The van der Waals surface area contributed by atoms with Crippen LogP contribution in [0.2, 0.25) is 0 Å². The van der Waals surface area contributed by atoms with Crippen molar-refractivity contribution in [2.45, 2.75) is 25.9 Å². The van der Waals surface area contributed by atoms with Crippen molar-refractivity contribution in [2.75, 3.05) is 11.4 Å². The Morgan fingerprint density at radius 3 is 2.67 bits per heavy atom. The van der Waals surface area contributed by atoms with E-state index in [2.05, 4.69) is 21.7 Å². The smallest absolute Gasteiger partial charge is 0.295 e. The standard InChI is InChI=1S/C17H15F4N5O/c1-10(18)7-12(8-23-2)15-24-9-13(14(25-15)17(19,20)21)26(6-5-22)16(27)11-3-4-11/h7-9,11H,2-4,6H2,1H3/b10-7+,12-8+. The largest absolute Gasteiger partial charge is 0.435 e. The highest BCUT2D eigenvalue weighted by atomic mass is 19.4. The van der Waals surface area contributed by atoms with Crippen LogP contribution in [-0.2, 0) is 11.0 Å². The molecule has 1 aliphatic carbocycles. The first-order chi connectivity index (χ1) is 12.7. The number of alkyl halides is 3. The summed E-state index contributed by atoms with van der Waals surface area (Å²) < 4.78 is 53.9. The van der Waals surface area contributed by atoms with Gasteiger partial charge in [0.1, 0.15) is 6.54 Å². The Morgan fingerprint density at radius 1 is 1.52 bits per heavy atom. The molecule has 0 radical (unpaired) electrons. The monoisotopic (exact) mass is 381 g/mol. The van der Waals surface area contributed by atoms with E-state index in [0.29, 0.717) is 12.8 Å². The van der Waals surface area contributed by atoms with Crippen LogP contribution in [0.5, 0.6) is 0 Å². The van der Waals surface area contributed by atoms with Gasteiger partial charge in [0.05, 0.1) is 23.8 Å². The van der Waals surface area contributed by atoms with Gasteiger partial charge < -0.3 is 0 Å². The minimum absolute atomic E-state index is 0.123. The van der Waals surface area contributed by atoms with E-state index in [-0.39, 0.29) is 5.57 Å². The van der Waals surface area contributed by atoms with Crippen molar-refractivity contribution < 1.29 is 22.4 Å². The van der Waals surface area contributed by atoms with Crippen LogP contribution in [0.4, 0.5) is 23.2 Å². The van der Waals surface area contributed by atoms with Gasteiger partial charge in [-0.15, -0.1) is 0 Å². The summed E-state index contributed by atoms with van der Waals surface area (Å²) >= 11 is 0. The van der Waals surface area contributed by atoms with E-state index in [9.17, 15) is 22.4 Å². The zero-order valence-electron chi connectivity index (χ0n) is 14.3. The van der Waals surface area contributed by atoms with Crippen molar-refractivity contribution in [1.29, 1.82) is 5.26 Å². The van der Waals surface area contributed by atoms with E-state index in [0.717, 1.165) is 30.3 Å². The maximum atomic E-state index is 13.6. The number of aromatic nitrogens is 2. The van der Waals surface area contributed by atoms with Crippen molar-refractivity contribution in [3.05, 3.63) is 35.8 Å². The quantitative estimate of drug-likeness (QED) is 0.326. The highest BCUT2D eigenvalue weighted by Crippen LogP contribution is 2.38. The van der Waals surface area contributed by atoms with Gasteiger partial charge >= 0.3 is 6.18 Å². The van der Waals surface area contributed by atoms with Crippen molar-refractivity contribution >= 4 is 23.9 Å². The van der Waals surface area contributed by atoms with Crippen LogP contribution in [-0.4, -0.2) is 29.1 Å². The van der Waals surface area contributed by atoms with Crippen LogP contribution in [0.25, 0.3) is 5.57 Å². The number of allylic oxidation sites excluding steroid dienone is 3. The molecule has 10 heteroatoms. The van der Waals surface area contributed by atoms with E-state index < -0.39 is 47.6 Å². The number of amides is 1. The molecule has 0 atom stereocenters. The lowest BCUT2D eigenvalue weighted by atomic mass is 10.2. The van der Waals surface area contributed by atoms with Crippen molar-refractivity contribution in [1.82, 2.24) is 9.97 Å². The fourth-order valence-electron chi connectivity index (χ4n) is 2.30. The number of rotatable bonds is 6. The lowest BCUT2D eigenvalue weighted by Gasteiger charge is -2.23. The number of hydrogen-bond acceptors (Lipinski definition) is 5. The summed E-state index contributed by atoms with van der Waals surface area (Å²) in [7, 11) is 0. The van der Waals surface area contributed by atoms with Crippen molar-refractivity contribution in [3.63, 3.8) is 0 Å². The van der Waals surface area contributed by atoms with Gasteiger partial charge in [0.25, 0.3) is 0 Å². The van der Waals surface area contributed by atoms with E-state index >= 15 is 0 Å². The summed E-state index contributed by atoms with van der Waals surface area (Å²) in [6.07, 6.45) is -1.08. The third-order valence-electron chi connectivity index (χ3n) is 3.59. The number of carbonyl (C=O) groups excluding carboxylic acids is 1. The summed E-state index contributed by atoms with van der Waals surface area (Å²) in [6.45, 7) is 3.71. The molecule has 1 saturated carbocycles. The van der Waals surface area contributed by atoms with Gasteiger partial charge in [0.15, 0.2) is 11.5 Å². The van der Waals surface area contributed by atoms with Gasteiger partial charge in [-0.25, -0.2) is 14.4 Å². The first kappa shape index (κ1) is 20.2. The van der Waals surface area contributed by atoms with E-state index in [1.807, 2.05) is 0 Å². The van der Waals surface area contributed by atoms with Gasteiger partial charge in [-0.3, -0.25) is 14.7 Å². The number of carbonyl (C=O) groups is 1. The molecule has 1 heterocycles. The Labute approximate surface area is 152 Å². The van der Waals surface area contributed by atoms with Crippen molar-refractivity contribution in [3.8, 4) is 6.07 Å². The maximum Gasteiger partial charge on any atom is 0.435 e. The molecule has 1 aromatic heterocycles. The first-order valence-electron chi connectivity index (χ1n) is 7.81. The van der Waals surface area contributed by atoms with Crippen molar-refractivity contribution in [2.24, 2.45) is 10.9 Å². The van der Waals surface area contributed by atoms with Crippen LogP contribution in [0.3, 0.4) is 0 Å². The van der Waals surface area contributed by atoms with Gasteiger partial charge in [-0.1, -0.05) is 0 Å². The van der Waals surface area contributed by atoms with Crippen LogP contribution in [0.1, 0.15) is 31.3 Å². The number of aliphatic imine (C=N–C) groups is 1. The summed E-state index contributed by atoms with van der Waals surface area (Å²) in [5.41, 5.74) is -2.13. The van der Waals surface area contributed by atoms with E-state index in [1.54, 1.807) is 6.07 Å². The third kappa shape index (κ3) is 4.97. The van der Waals surface area contributed by atoms with Crippen LogP contribution < -0.4 is 4.90 Å². The summed E-state index contributed by atoms with van der Waals surface area (Å²) in [5, 5.41) is 8.91. The predicted molar refractivity (Wildman–Crippen MR) is 90.1 cm³/mol. The van der Waals surface area contributed by atoms with Gasteiger partial charge in [-0.05, 0) is 32.6 Å². The normalized spacial score (nSPS) is 15.3. The van der Waals surface area contributed by atoms with E-state index in [4.69, 9.17) is 5.26 Å². The zero-order valence-corrected chi connectivity index (χ0v) is 14.3. The fraction of sp³-hybridized carbons (Fsp3) is 0.353. The first-order valence-corrected chi connectivity index (χ1v) is 7.81. The summed E-state index contributed by atoms with van der Waals surface area (Å²) in [4.78, 5) is 23.7. The molecule has 1 amide bonds. The molecule has 0 N–H and O–H groups in total. The second-order valence-corrected chi connectivity index (χ2v) is 5.78. The molecule has 0 bridgehead atoms. The number of nitrogens with zero attached hydrogens (tertiary/aromatic N) is 5. The molecular weight excluding hydrogens is 366 g/mol. The van der Waals surface area contributed by atoms with Crippen LogP contribution >= 0.6 is 0 Å². The fourth-order valence-corrected chi connectivity index (χ4v) is 2.30. The van der Waals surface area contributed by atoms with Gasteiger partial charge in [0.2, 0.25) is 5.91 Å². The molecule has 1 aromatic rings. The second kappa shape index (κ2) is 8.07. The molecular formula is C17H15F4N5O. The highest BCUT2D eigenvalue weighted by molar-refractivity contribution is 5.97. The van der Waals surface area contributed by atoms with E-state index in [1.165, 1.54) is 0 Å². The average Bonchev–Trinajstić information content (AvgIpc) is 3.42. The maximum absolute atomic E-state index is 13.6. The highest BCUT2D eigenvalue weighted by Gasteiger charge is 2.41. The number of hydrogen-bond donors (Lipinski definition) is 0. The lowest BCUT2D eigenvalue weighted by Crippen LogP contribution is -2.35. The Bertz CT molecular complexity index is 846. The van der Waals surface area contributed by atoms with Gasteiger partial charge in [0, 0.05) is 17.7 Å². The minimum Gasteiger partial charge on any atom is -0.295 e. The molecule has 27 heavy (non-hydrogen) atoms. The molecule has 2 rings (SSSR count). The minimum atomic E-state index is -4.92. The zero-order chi connectivity index (χ0) is 20.2. The number of anilines is 1. The topological polar surface area (TPSA) is 82.2 Å². The lowest BCUT2D eigenvalue weighted by molar-refractivity contribution is -0.140. The number of nitriles is 1. The van der Waals surface area contributed by atoms with Crippen LogP contribution in [0, 0.1) is 17.2 Å². The Balaban J connectivity index is 2.60. The predicted octanol–water partition coefficient (Wildman–Crippen LogP) is 3.68. The molecule has 0 saturated heterocycles. The molecule has 142 valence electrons. The molecule has 0 spiro atoms. The molecule has 0 unspecified atom stereocenters. The summed E-state index contributed by atoms with van der Waals surface area (Å²) in [6, 6.07) is 1.68. The Morgan fingerprint density at radius 2 is 2.19 bits per heavy atom. The second-order valence-electron chi connectivity index (χ2n) is 5.78. The molecule has 0 aliphatic heterocycles. The molecule has 0 aromatic carbocycles. The molecule has 6 nitrogen and oxygen atoms in total. The average molecular weight is 381 g/mol. The molecule has 1 fully saturated rings.